The molecular weight excluding hydrogens is 290 g/mol. The molecule has 1 heterocycles. The van der Waals surface area contributed by atoms with Crippen LogP contribution in [0.15, 0.2) is 24.3 Å². The third-order valence-electron chi connectivity index (χ3n) is 3.26. The molecule has 1 unspecified atom stereocenters. The van der Waals surface area contributed by atoms with Crippen molar-refractivity contribution < 1.29 is 18.3 Å². The topological polar surface area (TPSA) is 83.5 Å². The highest BCUT2D eigenvalue weighted by molar-refractivity contribution is 7.91. The van der Waals surface area contributed by atoms with Crippen LogP contribution in [0.3, 0.4) is 0 Å². The Labute approximate surface area is 124 Å². The van der Waals surface area contributed by atoms with Gasteiger partial charge in [-0.3, -0.25) is 4.79 Å². The quantitative estimate of drug-likeness (QED) is 0.772. The van der Waals surface area contributed by atoms with Crippen molar-refractivity contribution in [3.8, 4) is 11.8 Å². The summed E-state index contributed by atoms with van der Waals surface area (Å²) in [5.41, 5.74) is 1.17. The molecule has 112 valence electrons. The Kier molecular flexibility index (Phi) is 4.99. The van der Waals surface area contributed by atoms with Gasteiger partial charge in [0.15, 0.2) is 9.84 Å². The van der Waals surface area contributed by atoms with E-state index in [4.69, 9.17) is 5.11 Å². The maximum Gasteiger partial charge on any atom is 0.251 e. The van der Waals surface area contributed by atoms with Crippen molar-refractivity contribution in [2.24, 2.45) is 0 Å². The van der Waals surface area contributed by atoms with Gasteiger partial charge in [0.05, 0.1) is 11.5 Å². The number of amides is 1. The maximum absolute atomic E-state index is 12.1. The summed E-state index contributed by atoms with van der Waals surface area (Å²) in [6.07, 6.45) is 1.27. The van der Waals surface area contributed by atoms with E-state index in [9.17, 15) is 13.2 Å². The fraction of sp³-hybridized carbons (Fsp3) is 0.400. The molecule has 0 aromatic heterocycles. The molecule has 0 radical (unpaired) electrons. The molecule has 0 spiro atoms. The first-order chi connectivity index (χ1) is 10.00. The Morgan fingerprint density at radius 2 is 2.05 bits per heavy atom. The third kappa shape index (κ3) is 4.59. The molecule has 1 aromatic rings. The highest BCUT2D eigenvalue weighted by Crippen LogP contribution is 2.13. The lowest BCUT2D eigenvalue weighted by molar-refractivity contribution is 0.0938. The van der Waals surface area contributed by atoms with Crippen LogP contribution in [-0.4, -0.2) is 43.6 Å². The van der Waals surface area contributed by atoms with Crippen LogP contribution in [0, 0.1) is 11.8 Å². The van der Waals surface area contributed by atoms with Crippen molar-refractivity contribution in [3.63, 3.8) is 0 Å². The molecule has 2 N–H and O–H groups in total. The van der Waals surface area contributed by atoms with Gasteiger partial charge >= 0.3 is 0 Å². The molecule has 5 nitrogen and oxygen atoms in total. The summed E-state index contributed by atoms with van der Waals surface area (Å²) in [4.78, 5) is 12.1. The van der Waals surface area contributed by atoms with E-state index >= 15 is 0 Å². The first kappa shape index (κ1) is 15.5. The van der Waals surface area contributed by atoms with Crippen LogP contribution in [0.1, 0.15) is 28.8 Å². The van der Waals surface area contributed by atoms with Gasteiger partial charge in [-0.25, -0.2) is 8.42 Å². The van der Waals surface area contributed by atoms with Crippen LogP contribution < -0.4 is 5.32 Å². The van der Waals surface area contributed by atoms with Gasteiger partial charge in [-0.1, -0.05) is 11.8 Å². The Morgan fingerprint density at radius 3 is 2.67 bits per heavy atom. The lowest BCUT2D eigenvalue weighted by Crippen LogP contribution is -2.43. The van der Waals surface area contributed by atoms with Crippen molar-refractivity contribution >= 4 is 15.7 Å². The largest absolute Gasteiger partial charge is 0.384 e. The van der Waals surface area contributed by atoms with Gasteiger partial charge in [-0.2, -0.15) is 0 Å². The summed E-state index contributed by atoms with van der Waals surface area (Å²) < 4.78 is 23.1. The van der Waals surface area contributed by atoms with Crippen LogP contribution in [0.2, 0.25) is 0 Å². The SMILES string of the molecule is O=C(NC1CCCS(=O)(=O)C1)c1ccc(C#CCO)cc1. The van der Waals surface area contributed by atoms with Crippen LogP contribution in [0.4, 0.5) is 0 Å². The second-order valence-corrected chi connectivity index (χ2v) is 7.19. The van der Waals surface area contributed by atoms with Crippen molar-refractivity contribution in [1.29, 1.82) is 0 Å². The normalized spacial score (nSPS) is 20.1. The van der Waals surface area contributed by atoms with Gasteiger partial charge in [0, 0.05) is 17.2 Å². The van der Waals surface area contributed by atoms with E-state index in [2.05, 4.69) is 17.2 Å². The molecule has 1 atom stereocenters. The number of carbonyl (C=O) groups is 1. The lowest BCUT2D eigenvalue weighted by atomic mass is 10.1. The standard InChI is InChI=1S/C15H17NO4S/c17-9-1-3-12-5-7-13(8-6-12)15(18)16-14-4-2-10-21(19,20)11-14/h5-8,14,17H,2,4,9-11H2,(H,16,18). The van der Waals surface area contributed by atoms with Gasteiger partial charge in [0.2, 0.25) is 0 Å². The van der Waals surface area contributed by atoms with Crippen molar-refractivity contribution in [2.75, 3.05) is 18.1 Å². The molecule has 1 amide bonds. The van der Waals surface area contributed by atoms with E-state index in [1.807, 2.05) is 0 Å². The smallest absolute Gasteiger partial charge is 0.251 e. The van der Waals surface area contributed by atoms with Crippen LogP contribution in [-0.2, 0) is 9.84 Å². The highest BCUT2D eigenvalue weighted by atomic mass is 32.2. The number of aliphatic hydroxyl groups excluding tert-OH is 1. The van der Waals surface area contributed by atoms with E-state index in [0.717, 1.165) is 0 Å². The molecule has 0 aliphatic carbocycles. The Balaban J connectivity index is 2.00. The molecule has 1 aromatic carbocycles. The molecule has 0 bridgehead atoms. The number of aliphatic hydroxyl groups is 1. The summed E-state index contributed by atoms with van der Waals surface area (Å²) in [5, 5.41) is 11.4. The fourth-order valence-corrected chi connectivity index (χ4v) is 3.89. The molecule has 1 aliphatic heterocycles. The second-order valence-electron chi connectivity index (χ2n) is 4.96. The van der Waals surface area contributed by atoms with Crippen molar-refractivity contribution in [1.82, 2.24) is 5.32 Å². The summed E-state index contributed by atoms with van der Waals surface area (Å²) >= 11 is 0. The number of nitrogens with one attached hydrogen (secondary N) is 1. The number of benzene rings is 1. The summed E-state index contributed by atoms with van der Waals surface area (Å²) in [5.74, 6) is 5.21. The lowest BCUT2D eigenvalue weighted by Gasteiger charge is -2.23. The molecule has 1 aliphatic rings. The van der Waals surface area contributed by atoms with Gasteiger partial charge < -0.3 is 10.4 Å². The third-order valence-corrected chi connectivity index (χ3v) is 5.08. The fourth-order valence-electron chi connectivity index (χ4n) is 2.25. The molecule has 21 heavy (non-hydrogen) atoms. The Hall–Kier alpha value is -1.84. The molecule has 0 saturated carbocycles. The predicted octanol–water partition coefficient (Wildman–Crippen LogP) is 0.337. The average Bonchev–Trinajstić information content (AvgIpc) is 2.44. The van der Waals surface area contributed by atoms with E-state index in [-0.39, 0.29) is 30.1 Å². The van der Waals surface area contributed by atoms with E-state index < -0.39 is 9.84 Å². The van der Waals surface area contributed by atoms with Crippen LogP contribution >= 0.6 is 0 Å². The summed E-state index contributed by atoms with van der Waals surface area (Å²) in [6.45, 7) is -0.210. The summed E-state index contributed by atoms with van der Waals surface area (Å²) in [7, 11) is -3.03. The number of sulfone groups is 1. The second kappa shape index (κ2) is 6.74. The van der Waals surface area contributed by atoms with Gasteiger partial charge in [0.1, 0.15) is 6.61 Å². The molecular formula is C15H17NO4S. The number of rotatable bonds is 2. The zero-order valence-electron chi connectivity index (χ0n) is 11.5. The molecule has 6 heteroatoms. The monoisotopic (exact) mass is 307 g/mol. The zero-order chi connectivity index (χ0) is 15.3. The molecule has 1 fully saturated rings. The summed E-state index contributed by atoms with van der Waals surface area (Å²) in [6, 6.07) is 6.33. The van der Waals surface area contributed by atoms with Crippen molar-refractivity contribution in [3.05, 3.63) is 35.4 Å². The predicted molar refractivity (Wildman–Crippen MR) is 79.5 cm³/mol. The maximum atomic E-state index is 12.1. The van der Waals surface area contributed by atoms with Crippen LogP contribution in [0.5, 0.6) is 0 Å². The van der Waals surface area contributed by atoms with Crippen molar-refractivity contribution in [2.45, 2.75) is 18.9 Å². The van der Waals surface area contributed by atoms with E-state index in [1.54, 1.807) is 24.3 Å². The van der Waals surface area contributed by atoms with E-state index in [1.165, 1.54) is 0 Å². The average molecular weight is 307 g/mol. The number of hydrogen-bond donors (Lipinski definition) is 2. The van der Waals surface area contributed by atoms with Crippen LogP contribution in [0.25, 0.3) is 0 Å². The minimum atomic E-state index is -3.03. The number of carbonyl (C=O) groups excluding carboxylic acids is 1. The van der Waals surface area contributed by atoms with Gasteiger partial charge in [-0.15, -0.1) is 0 Å². The van der Waals surface area contributed by atoms with E-state index in [0.29, 0.717) is 24.0 Å². The number of hydrogen-bond acceptors (Lipinski definition) is 4. The van der Waals surface area contributed by atoms with Gasteiger partial charge in [-0.05, 0) is 37.1 Å². The minimum absolute atomic E-state index is 0.0127. The first-order valence-corrected chi connectivity index (χ1v) is 8.53. The Bertz CT molecular complexity index is 668. The van der Waals surface area contributed by atoms with Gasteiger partial charge in [0.25, 0.3) is 5.91 Å². The first-order valence-electron chi connectivity index (χ1n) is 6.71. The minimum Gasteiger partial charge on any atom is -0.384 e. The Morgan fingerprint density at radius 1 is 1.33 bits per heavy atom. The zero-order valence-corrected chi connectivity index (χ0v) is 12.3. The molecule has 2 rings (SSSR count). The molecule has 1 saturated heterocycles. The highest BCUT2D eigenvalue weighted by Gasteiger charge is 2.26.